The average Bonchev–Trinajstić information content (AvgIpc) is 3.67. The van der Waals surface area contributed by atoms with Crippen LogP contribution in [0.1, 0.15) is 43.1 Å². The second-order valence-electron chi connectivity index (χ2n) is 9.72. The Hall–Kier alpha value is -4.20. The van der Waals surface area contributed by atoms with E-state index in [0.717, 1.165) is 11.1 Å². The number of hydrogen-bond acceptors (Lipinski definition) is 5. The zero-order chi connectivity index (χ0) is 28.9. The SMILES string of the molecule is C=CCNC(=O)C1C(c2ccc(Cl)cc2)C(C(=O)c2cccs2)C(c2ccccc2)N1C(=O)c1cccc(OC)c1. The van der Waals surface area contributed by atoms with Gasteiger partial charge in [-0.2, -0.15) is 0 Å². The molecular weight excluding hydrogens is 556 g/mol. The van der Waals surface area contributed by atoms with E-state index < -0.39 is 23.9 Å². The Labute approximate surface area is 248 Å². The summed E-state index contributed by atoms with van der Waals surface area (Å²) in [4.78, 5) is 45.1. The number of benzene rings is 3. The molecule has 208 valence electrons. The maximum Gasteiger partial charge on any atom is 0.255 e. The summed E-state index contributed by atoms with van der Waals surface area (Å²) in [5, 5.41) is 5.28. The van der Waals surface area contributed by atoms with E-state index in [-0.39, 0.29) is 24.1 Å². The Morgan fingerprint density at radius 2 is 1.73 bits per heavy atom. The lowest BCUT2D eigenvalue weighted by molar-refractivity contribution is -0.125. The fourth-order valence-corrected chi connectivity index (χ4v) is 6.46. The lowest BCUT2D eigenvalue weighted by Gasteiger charge is -2.31. The zero-order valence-electron chi connectivity index (χ0n) is 22.4. The van der Waals surface area contributed by atoms with Gasteiger partial charge in [-0.25, -0.2) is 0 Å². The molecule has 2 amide bonds. The predicted octanol–water partition coefficient (Wildman–Crippen LogP) is 6.56. The number of ether oxygens (including phenoxy) is 1. The number of Topliss-reactive ketones (excluding diaryl/α,β-unsaturated/α-hetero) is 1. The third-order valence-corrected chi connectivity index (χ3v) is 8.51. The van der Waals surface area contributed by atoms with Crippen molar-refractivity contribution >= 4 is 40.5 Å². The van der Waals surface area contributed by atoms with Gasteiger partial charge in [-0.1, -0.05) is 72.3 Å². The number of carbonyl (C=O) groups is 3. The number of methoxy groups -OCH3 is 1. The molecule has 1 aliphatic rings. The van der Waals surface area contributed by atoms with Crippen LogP contribution >= 0.6 is 22.9 Å². The first kappa shape index (κ1) is 28.3. The van der Waals surface area contributed by atoms with E-state index >= 15 is 0 Å². The van der Waals surface area contributed by atoms with Gasteiger partial charge in [0.1, 0.15) is 11.8 Å². The highest BCUT2D eigenvalue weighted by Crippen LogP contribution is 2.52. The van der Waals surface area contributed by atoms with Crippen LogP contribution in [0.5, 0.6) is 5.75 Å². The molecule has 0 aliphatic carbocycles. The first-order valence-electron chi connectivity index (χ1n) is 13.2. The summed E-state index contributed by atoms with van der Waals surface area (Å²) >= 11 is 7.59. The predicted molar refractivity (Wildman–Crippen MR) is 162 cm³/mol. The van der Waals surface area contributed by atoms with Crippen LogP contribution in [0, 0.1) is 5.92 Å². The van der Waals surface area contributed by atoms with Crippen molar-refractivity contribution in [3.05, 3.63) is 136 Å². The van der Waals surface area contributed by atoms with Crippen molar-refractivity contribution in [3.8, 4) is 5.75 Å². The van der Waals surface area contributed by atoms with Gasteiger partial charge < -0.3 is 15.0 Å². The maximum absolute atomic E-state index is 14.5. The molecule has 4 aromatic rings. The third kappa shape index (κ3) is 5.69. The summed E-state index contributed by atoms with van der Waals surface area (Å²) in [5.74, 6) is -1.78. The van der Waals surface area contributed by atoms with E-state index in [1.54, 1.807) is 53.4 Å². The molecule has 4 atom stereocenters. The van der Waals surface area contributed by atoms with Crippen molar-refractivity contribution in [1.29, 1.82) is 0 Å². The van der Waals surface area contributed by atoms with Crippen molar-refractivity contribution in [1.82, 2.24) is 10.2 Å². The number of ketones is 1. The van der Waals surface area contributed by atoms with E-state index in [1.165, 1.54) is 18.4 Å². The molecule has 5 rings (SSSR count). The van der Waals surface area contributed by atoms with Gasteiger partial charge in [-0.15, -0.1) is 17.9 Å². The number of halogens is 1. The van der Waals surface area contributed by atoms with E-state index in [9.17, 15) is 14.4 Å². The van der Waals surface area contributed by atoms with Gasteiger partial charge >= 0.3 is 0 Å². The number of rotatable bonds is 9. The molecule has 4 unspecified atom stereocenters. The van der Waals surface area contributed by atoms with Gasteiger partial charge in [-0.3, -0.25) is 14.4 Å². The van der Waals surface area contributed by atoms with E-state index in [4.69, 9.17) is 16.3 Å². The third-order valence-electron chi connectivity index (χ3n) is 7.37. The molecule has 1 fully saturated rings. The molecule has 2 heterocycles. The molecule has 6 nitrogen and oxygen atoms in total. The highest BCUT2D eigenvalue weighted by atomic mass is 35.5. The quantitative estimate of drug-likeness (QED) is 0.179. The molecule has 41 heavy (non-hydrogen) atoms. The smallest absolute Gasteiger partial charge is 0.255 e. The van der Waals surface area contributed by atoms with Crippen LogP contribution in [0.25, 0.3) is 0 Å². The molecule has 8 heteroatoms. The summed E-state index contributed by atoms with van der Waals surface area (Å²) in [5.41, 5.74) is 1.85. The minimum Gasteiger partial charge on any atom is -0.497 e. The highest BCUT2D eigenvalue weighted by molar-refractivity contribution is 7.12. The monoisotopic (exact) mass is 584 g/mol. The Morgan fingerprint density at radius 1 is 0.976 bits per heavy atom. The Kier molecular flexibility index (Phi) is 8.67. The Morgan fingerprint density at radius 3 is 2.39 bits per heavy atom. The van der Waals surface area contributed by atoms with Gasteiger partial charge in [0.2, 0.25) is 5.91 Å². The number of carbonyl (C=O) groups excluding carboxylic acids is 3. The Balaban J connectivity index is 1.77. The summed E-state index contributed by atoms with van der Waals surface area (Å²) in [6, 6.07) is 25.3. The van der Waals surface area contributed by atoms with Crippen LogP contribution in [0.2, 0.25) is 5.02 Å². The highest BCUT2D eigenvalue weighted by Gasteiger charge is 2.57. The van der Waals surface area contributed by atoms with E-state index in [1.807, 2.05) is 53.9 Å². The molecule has 0 spiro atoms. The van der Waals surface area contributed by atoms with Crippen molar-refractivity contribution in [2.45, 2.75) is 18.0 Å². The number of likely N-dealkylation sites (tertiary alicyclic amines) is 1. The van der Waals surface area contributed by atoms with E-state index in [0.29, 0.717) is 21.2 Å². The van der Waals surface area contributed by atoms with Crippen molar-refractivity contribution < 1.29 is 19.1 Å². The fraction of sp³-hybridized carbons (Fsp3) is 0.182. The summed E-state index contributed by atoms with van der Waals surface area (Å²) in [7, 11) is 1.53. The number of hydrogen-bond donors (Lipinski definition) is 1. The average molecular weight is 585 g/mol. The first-order chi connectivity index (χ1) is 19.9. The molecule has 1 saturated heterocycles. The number of nitrogens with zero attached hydrogens (tertiary/aromatic N) is 1. The second-order valence-corrected chi connectivity index (χ2v) is 11.1. The van der Waals surface area contributed by atoms with Gasteiger partial charge in [0.05, 0.1) is 23.9 Å². The molecule has 3 aromatic carbocycles. The van der Waals surface area contributed by atoms with Crippen LogP contribution in [-0.4, -0.2) is 42.2 Å². The zero-order valence-corrected chi connectivity index (χ0v) is 24.0. The van der Waals surface area contributed by atoms with Gasteiger partial charge in [0.25, 0.3) is 5.91 Å². The summed E-state index contributed by atoms with van der Waals surface area (Å²) in [6.45, 7) is 3.94. The molecule has 0 bridgehead atoms. The molecule has 1 aromatic heterocycles. The first-order valence-corrected chi connectivity index (χ1v) is 14.4. The van der Waals surface area contributed by atoms with Crippen molar-refractivity contribution in [2.75, 3.05) is 13.7 Å². The molecule has 0 radical (unpaired) electrons. The van der Waals surface area contributed by atoms with Gasteiger partial charge in [0, 0.05) is 23.0 Å². The molecule has 1 N–H and O–H groups in total. The number of amides is 2. The van der Waals surface area contributed by atoms with Gasteiger partial charge in [-0.05, 0) is 52.9 Å². The van der Waals surface area contributed by atoms with Crippen LogP contribution in [0.3, 0.4) is 0 Å². The van der Waals surface area contributed by atoms with Crippen LogP contribution in [0.15, 0.2) is 109 Å². The molecular formula is C33H29ClN2O4S. The lowest BCUT2D eigenvalue weighted by Crippen LogP contribution is -2.48. The van der Waals surface area contributed by atoms with Crippen LogP contribution in [-0.2, 0) is 4.79 Å². The van der Waals surface area contributed by atoms with Crippen molar-refractivity contribution in [3.63, 3.8) is 0 Å². The van der Waals surface area contributed by atoms with E-state index in [2.05, 4.69) is 11.9 Å². The molecule has 0 saturated carbocycles. The number of thiophene rings is 1. The summed E-state index contributed by atoms with van der Waals surface area (Å²) < 4.78 is 5.39. The second kappa shape index (κ2) is 12.5. The van der Waals surface area contributed by atoms with Crippen LogP contribution in [0.4, 0.5) is 0 Å². The lowest BCUT2D eigenvalue weighted by atomic mass is 9.77. The summed E-state index contributed by atoms with van der Waals surface area (Å²) in [6.07, 6.45) is 1.58. The fourth-order valence-electron chi connectivity index (χ4n) is 5.62. The minimum atomic E-state index is -1.01. The number of nitrogens with one attached hydrogen (secondary N) is 1. The largest absolute Gasteiger partial charge is 0.497 e. The molecule has 1 aliphatic heterocycles. The standard InChI is InChI=1S/C33H29ClN2O4S/c1-3-18-35-32(38)30-27(21-14-16-24(34)17-15-21)28(31(37)26-13-8-19-41-26)29(22-9-5-4-6-10-22)36(30)33(39)23-11-7-12-25(20-23)40-2/h3-17,19-20,27-30H,1,18H2,2H3,(H,35,38). The minimum absolute atomic E-state index is 0.128. The topological polar surface area (TPSA) is 75.7 Å². The van der Waals surface area contributed by atoms with Gasteiger partial charge in [0.15, 0.2) is 5.78 Å². The van der Waals surface area contributed by atoms with Crippen LogP contribution < -0.4 is 10.1 Å². The maximum atomic E-state index is 14.5. The normalized spacial score (nSPS) is 19.9. The van der Waals surface area contributed by atoms with Crippen molar-refractivity contribution in [2.24, 2.45) is 5.92 Å². The Bertz CT molecular complexity index is 1540.